The van der Waals surface area contributed by atoms with Crippen molar-refractivity contribution >= 4 is 5.82 Å². The first-order valence-corrected chi connectivity index (χ1v) is 6.31. The Morgan fingerprint density at radius 3 is 2.89 bits per heavy atom. The molecule has 0 atom stereocenters. The molecule has 100 valence electrons. The van der Waals surface area contributed by atoms with E-state index in [4.69, 9.17) is 14.6 Å². The largest absolute Gasteiger partial charge is 0.493 e. The minimum Gasteiger partial charge on any atom is -0.493 e. The van der Waals surface area contributed by atoms with E-state index >= 15 is 0 Å². The molecular weight excluding hydrogens is 232 g/mol. The van der Waals surface area contributed by atoms with E-state index in [-0.39, 0.29) is 12.7 Å². The van der Waals surface area contributed by atoms with Crippen molar-refractivity contribution in [2.24, 2.45) is 0 Å². The van der Waals surface area contributed by atoms with Gasteiger partial charge in [-0.25, -0.2) is 4.98 Å². The van der Waals surface area contributed by atoms with Gasteiger partial charge in [-0.05, 0) is 25.0 Å². The van der Waals surface area contributed by atoms with E-state index in [0.29, 0.717) is 6.61 Å². The molecule has 0 spiro atoms. The van der Waals surface area contributed by atoms with Crippen molar-refractivity contribution < 1.29 is 14.6 Å². The van der Waals surface area contributed by atoms with Gasteiger partial charge in [-0.1, -0.05) is 0 Å². The normalized spacial score (nSPS) is 16.9. The quantitative estimate of drug-likeness (QED) is 0.849. The number of hydrogen-bond donors (Lipinski definition) is 1. The molecule has 0 aliphatic carbocycles. The fraction of sp³-hybridized carbons (Fsp3) is 0.615. The summed E-state index contributed by atoms with van der Waals surface area (Å²) in [6.07, 6.45) is 3.95. The summed E-state index contributed by atoms with van der Waals surface area (Å²) in [6.45, 7) is 2.33. The molecule has 18 heavy (non-hydrogen) atoms. The van der Waals surface area contributed by atoms with Crippen LogP contribution in [0.15, 0.2) is 18.3 Å². The minimum absolute atomic E-state index is 0.0915. The zero-order chi connectivity index (χ0) is 12.8. The van der Waals surface area contributed by atoms with Gasteiger partial charge in [0.1, 0.15) is 0 Å². The summed E-state index contributed by atoms with van der Waals surface area (Å²) in [5.41, 5.74) is 0. The first-order chi connectivity index (χ1) is 8.85. The van der Waals surface area contributed by atoms with Crippen molar-refractivity contribution in [2.45, 2.75) is 18.9 Å². The highest BCUT2D eigenvalue weighted by Crippen LogP contribution is 2.27. The second kappa shape index (κ2) is 6.56. The SMILES string of the molecule is COc1cccnc1N1CCC(OCCO)CC1. The van der Waals surface area contributed by atoms with Gasteiger partial charge in [-0.3, -0.25) is 0 Å². The van der Waals surface area contributed by atoms with Gasteiger partial charge in [-0.2, -0.15) is 0 Å². The summed E-state index contributed by atoms with van der Waals surface area (Å²) in [5, 5.41) is 8.73. The Hall–Kier alpha value is -1.33. The molecule has 0 saturated carbocycles. The van der Waals surface area contributed by atoms with Gasteiger partial charge in [0.05, 0.1) is 26.4 Å². The third-order valence-corrected chi connectivity index (χ3v) is 3.16. The number of rotatable bonds is 5. The van der Waals surface area contributed by atoms with E-state index in [2.05, 4.69) is 9.88 Å². The van der Waals surface area contributed by atoms with Crippen molar-refractivity contribution in [1.29, 1.82) is 0 Å². The number of piperidine rings is 1. The molecule has 0 radical (unpaired) electrons. The second-order valence-corrected chi connectivity index (χ2v) is 4.31. The molecule has 0 amide bonds. The van der Waals surface area contributed by atoms with Gasteiger partial charge in [0.15, 0.2) is 11.6 Å². The Kier molecular flexibility index (Phi) is 4.78. The first-order valence-electron chi connectivity index (χ1n) is 6.31. The number of aromatic nitrogens is 1. The molecule has 0 bridgehead atoms. The van der Waals surface area contributed by atoms with Crippen LogP contribution in [0, 0.1) is 0 Å². The van der Waals surface area contributed by atoms with Gasteiger partial charge < -0.3 is 19.5 Å². The molecule has 1 saturated heterocycles. The second-order valence-electron chi connectivity index (χ2n) is 4.31. The molecule has 0 unspecified atom stereocenters. The van der Waals surface area contributed by atoms with Gasteiger partial charge >= 0.3 is 0 Å². The maximum absolute atomic E-state index is 8.73. The summed E-state index contributed by atoms with van der Waals surface area (Å²) in [5.74, 6) is 1.72. The number of methoxy groups -OCH3 is 1. The fourth-order valence-corrected chi connectivity index (χ4v) is 2.23. The predicted octanol–water partition coefficient (Wildman–Crippen LogP) is 1.07. The van der Waals surface area contributed by atoms with Crippen molar-refractivity contribution in [3.05, 3.63) is 18.3 Å². The molecule has 2 heterocycles. The molecule has 1 aromatic heterocycles. The number of nitrogens with zero attached hydrogens (tertiary/aromatic N) is 2. The maximum Gasteiger partial charge on any atom is 0.171 e. The van der Waals surface area contributed by atoms with Crippen LogP contribution < -0.4 is 9.64 Å². The molecule has 1 fully saturated rings. The Morgan fingerprint density at radius 1 is 1.44 bits per heavy atom. The Bertz CT molecular complexity index is 365. The average Bonchev–Trinajstić information content (AvgIpc) is 2.45. The summed E-state index contributed by atoms with van der Waals surface area (Å²) in [4.78, 5) is 6.60. The van der Waals surface area contributed by atoms with E-state index in [0.717, 1.165) is 37.5 Å². The minimum atomic E-state index is 0.0915. The predicted molar refractivity (Wildman–Crippen MR) is 69.1 cm³/mol. The van der Waals surface area contributed by atoms with Gasteiger partial charge in [0.25, 0.3) is 0 Å². The summed E-state index contributed by atoms with van der Waals surface area (Å²) in [6, 6.07) is 3.80. The average molecular weight is 252 g/mol. The molecule has 1 aromatic rings. The molecule has 1 N–H and O–H groups in total. The highest BCUT2D eigenvalue weighted by Gasteiger charge is 2.22. The summed E-state index contributed by atoms with van der Waals surface area (Å²) in [7, 11) is 1.66. The first kappa shape index (κ1) is 13.1. The molecule has 0 aromatic carbocycles. The van der Waals surface area contributed by atoms with Crippen LogP contribution in [0.1, 0.15) is 12.8 Å². The van der Waals surface area contributed by atoms with Gasteiger partial charge in [0.2, 0.25) is 0 Å². The zero-order valence-corrected chi connectivity index (χ0v) is 10.7. The number of aliphatic hydroxyl groups excluding tert-OH is 1. The maximum atomic E-state index is 8.73. The van der Waals surface area contributed by atoms with E-state index in [9.17, 15) is 0 Å². The van der Waals surface area contributed by atoms with Crippen LogP contribution in [0.25, 0.3) is 0 Å². The monoisotopic (exact) mass is 252 g/mol. The number of hydrogen-bond acceptors (Lipinski definition) is 5. The highest BCUT2D eigenvalue weighted by molar-refractivity contribution is 5.52. The van der Waals surface area contributed by atoms with Crippen LogP contribution in [-0.4, -0.2) is 49.6 Å². The van der Waals surface area contributed by atoms with E-state index in [1.54, 1.807) is 13.3 Å². The van der Waals surface area contributed by atoms with Crippen molar-refractivity contribution in [3.63, 3.8) is 0 Å². The number of pyridine rings is 1. The standard InChI is InChI=1S/C13H20N2O3/c1-17-12-3-2-6-14-13(12)15-7-4-11(5-8-15)18-10-9-16/h2-3,6,11,16H,4-5,7-10H2,1H3. The Balaban J connectivity index is 1.92. The summed E-state index contributed by atoms with van der Waals surface area (Å²) >= 11 is 0. The number of ether oxygens (including phenoxy) is 2. The third kappa shape index (κ3) is 3.11. The zero-order valence-electron chi connectivity index (χ0n) is 10.7. The van der Waals surface area contributed by atoms with Crippen molar-refractivity contribution in [2.75, 3.05) is 38.3 Å². The topological polar surface area (TPSA) is 54.8 Å². The fourth-order valence-electron chi connectivity index (χ4n) is 2.23. The molecule has 1 aliphatic rings. The van der Waals surface area contributed by atoms with E-state index < -0.39 is 0 Å². The van der Waals surface area contributed by atoms with Gasteiger partial charge in [0, 0.05) is 19.3 Å². The van der Waals surface area contributed by atoms with E-state index in [1.807, 2.05) is 12.1 Å². The lowest BCUT2D eigenvalue weighted by Gasteiger charge is -2.33. The Morgan fingerprint density at radius 2 is 2.22 bits per heavy atom. The molecule has 5 nitrogen and oxygen atoms in total. The number of aliphatic hydroxyl groups is 1. The lowest BCUT2D eigenvalue weighted by Crippen LogP contribution is -2.38. The summed E-state index contributed by atoms with van der Waals surface area (Å²) < 4.78 is 10.9. The van der Waals surface area contributed by atoms with Gasteiger partial charge in [-0.15, -0.1) is 0 Å². The molecule has 5 heteroatoms. The van der Waals surface area contributed by atoms with Crippen molar-refractivity contribution in [1.82, 2.24) is 4.98 Å². The van der Waals surface area contributed by atoms with Crippen LogP contribution in [0.3, 0.4) is 0 Å². The van der Waals surface area contributed by atoms with Crippen LogP contribution in [0.2, 0.25) is 0 Å². The lowest BCUT2D eigenvalue weighted by molar-refractivity contribution is 0.0158. The molecule has 1 aliphatic heterocycles. The third-order valence-electron chi connectivity index (χ3n) is 3.16. The van der Waals surface area contributed by atoms with Crippen molar-refractivity contribution in [3.8, 4) is 5.75 Å². The number of anilines is 1. The lowest BCUT2D eigenvalue weighted by atomic mass is 10.1. The van der Waals surface area contributed by atoms with Crippen LogP contribution in [-0.2, 0) is 4.74 Å². The molecular formula is C13H20N2O3. The van der Waals surface area contributed by atoms with Crippen LogP contribution >= 0.6 is 0 Å². The van der Waals surface area contributed by atoms with Crippen LogP contribution in [0.5, 0.6) is 5.75 Å². The highest BCUT2D eigenvalue weighted by atomic mass is 16.5. The van der Waals surface area contributed by atoms with E-state index in [1.165, 1.54) is 0 Å². The molecule has 2 rings (SSSR count). The smallest absolute Gasteiger partial charge is 0.171 e. The van der Waals surface area contributed by atoms with Crippen LogP contribution in [0.4, 0.5) is 5.82 Å². The Labute approximate surface area is 107 Å².